The summed E-state index contributed by atoms with van der Waals surface area (Å²) in [4.78, 5) is 29.3. The van der Waals surface area contributed by atoms with Crippen molar-refractivity contribution in [2.24, 2.45) is 0 Å². The molecule has 0 aliphatic rings. The lowest BCUT2D eigenvalue weighted by atomic mass is 10.1. The first-order valence-corrected chi connectivity index (χ1v) is 12.9. The molecule has 0 radical (unpaired) electrons. The number of benzene rings is 1. The number of esters is 1. The van der Waals surface area contributed by atoms with E-state index >= 15 is 0 Å². The minimum Gasteiger partial charge on any atom is -0.465 e. The highest BCUT2D eigenvalue weighted by molar-refractivity contribution is 14.1. The van der Waals surface area contributed by atoms with Gasteiger partial charge in [0.15, 0.2) is 11.6 Å². The van der Waals surface area contributed by atoms with Gasteiger partial charge in [0.2, 0.25) is 10.0 Å². The highest BCUT2D eigenvalue weighted by Gasteiger charge is 2.22. The second-order valence-corrected chi connectivity index (χ2v) is 10.6. The molecule has 0 amide bonds. The van der Waals surface area contributed by atoms with E-state index in [1.54, 1.807) is 6.07 Å². The maximum absolute atomic E-state index is 15.0. The number of sulfonamides is 1. The van der Waals surface area contributed by atoms with Crippen molar-refractivity contribution in [2.75, 3.05) is 22.9 Å². The van der Waals surface area contributed by atoms with Crippen molar-refractivity contribution in [2.45, 2.75) is 20.4 Å². The fourth-order valence-corrected chi connectivity index (χ4v) is 4.19. The van der Waals surface area contributed by atoms with Crippen LogP contribution in [0.5, 0.6) is 0 Å². The van der Waals surface area contributed by atoms with Gasteiger partial charge < -0.3 is 14.6 Å². The third kappa shape index (κ3) is 5.96. The van der Waals surface area contributed by atoms with Gasteiger partial charge in [0.05, 0.1) is 36.3 Å². The Hall–Kier alpha value is -3.07. The molecular weight excluding hydrogens is 597 g/mol. The number of anilines is 3. The second kappa shape index (κ2) is 10.7. The smallest absolute Gasteiger partial charge is 0.341 e. The number of nitrogens with zero attached hydrogens (tertiary/aromatic N) is 2. The average Bonchev–Trinajstić information content (AvgIpc) is 2.81. The van der Waals surface area contributed by atoms with Crippen molar-refractivity contribution in [1.29, 1.82) is 0 Å². The summed E-state index contributed by atoms with van der Waals surface area (Å²) in [5.74, 6) is -3.14. The highest BCUT2D eigenvalue weighted by atomic mass is 127. The Balaban J connectivity index is 2.08. The molecule has 1 aromatic carbocycles. The van der Waals surface area contributed by atoms with Gasteiger partial charge in [0.1, 0.15) is 5.82 Å². The number of ether oxygens (including phenoxy) is 1. The molecule has 186 valence electrons. The van der Waals surface area contributed by atoms with Gasteiger partial charge in [-0.3, -0.25) is 9.52 Å². The molecule has 35 heavy (non-hydrogen) atoms. The van der Waals surface area contributed by atoms with Crippen molar-refractivity contribution >= 4 is 55.8 Å². The number of aromatic nitrogens is 2. The number of carbonyl (C=O) groups excluding carboxylic acids is 1. The summed E-state index contributed by atoms with van der Waals surface area (Å²) in [5.41, 5.74) is -0.557. The number of hydrogen-bond acceptors (Lipinski definition) is 7. The molecule has 0 aliphatic carbocycles. The van der Waals surface area contributed by atoms with Crippen LogP contribution in [0.1, 0.15) is 28.4 Å². The van der Waals surface area contributed by atoms with Crippen LogP contribution in [-0.4, -0.2) is 36.8 Å². The molecule has 2 aromatic heterocycles. The molecule has 2 N–H and O–H groups in total. The Morgan fingerprint density at radius 2 is 1.97 bits per heavy atom. The van der Waals surface area contributed by atoms with Gasteiger partial charge in [-0.1, -0.05) is 0 Å². The fraction of sp³-hybridized carbons (Fsp3) is 0.227. The van der Waals surface area contributed by atoms with Crippen LogP contribution < -0.4 is 15.6 Å². The van der Waals surface area contributed by atoms with E-state index in [1.165, 1.54) is 44.4 Å². The van der Waals surface area contributed by atoms with E-state index < -0.39 is 39.0 Å². The predicted octanol–water partition coefficient (Wildman–Crippen LogP) is 3.77. The molecule has 3 rings (SSSR count). The Labute approximate surface area is 213 Å². The van der Waals surface area contributed by atoms with Crippen LogP contribution in [0.2, 0.25) is 0 Å². The first kappa shape index (κ1) is 26.5. The van der Waals surface area contributed by atoms with Gasteiger partial charge in [0, 0.05) is 27.1 Å². The number of hydrogen-bond donors (Lipinski definition) is 2. The SMILES string of the molecule is CCS(=O)(=O)Nc1nccc(Cn2cc(C(=O)OC)c(Nc3ccc(I)cc3F)c(C)c2=O)c1F. The van der Waals surface area contributed by atoms with Crippen LogP contribution in [-0.2, 0) is 21.3 Å². The maximum Gasteiger partial charge on any atom is 0.341 e. The van der Waals surface area contributed by atoms with Crippen LogP contribution in [0.4, 0.5) is 26.0 Å². The molecule has 0 fully saturated rings. The highest BCUT2D eigenvalue weighted by Crippen LogP contribution is 2.27. The van der Waals surface area contributed by atoms with Crippen LogP contribution in [0.15, 0.2) is 41.5 Å². The Kier molecular flexibility index (Phi) is 8.10. The van der Waals surface area contributed by atoms with Crippen molar-refractivity contribution < 1.29 is 26.7 Å². The summed E-state index contributed by atoms with van der Waals surface area (Å²) in [5, 5.41) is 2.78. The van der Waals surface area contributed by atoms with E-state index in [-0.39, 0.29) is 40.4 Å². The summed E-state index contributed by atoms with van der Waals surface area (Å²) in [7, 11) is -2.63. The molecule has 2 heterocycles. The van der Waals surface area contributed by atoms with Crippen molar-refractivity contribution in [3.05, 3.63) is 78.9 Å². The molecule has 0 saturated heterocycles. The van der Waals surface area contributed by atoms with E-state index in [9.17, 15) is 26.8 Å². The lowest BCUT2D eigenvalue weighted by Crippen LogP contribution is -2.27. The van der Waals surface area contributed by atoms with Gasteiger partial charge in [-0.05, 0) is 60.7 Å². The van der Waals surface area contributed by atoms with Gasteiger partial charge >= 0.3 is 5.97 Å². The quantitative estimate of drug-likeness (QED) is 0.292. The van der Waals surface area contributed by atoms with Crippen LogP contribution >= 0.6 is 22.6 Å². The van der Waals surface area contributed by atoms with Crippen LogP contribution in [0.3, 0.4) is 0 Å². The molecule has 13 heteroatoms. The molecular formula is C22H21F2IN4O5S. The van der Waals surface area contributed by atoms with Crippen molar-refractivity contribution in [1.82, 2.24) is 9.55 Å². The summed E-state index contributed by atoms with van der Waals surface area (Å²) < 4.78 is 61.6. The molecule has 0 aliphatic heterocycles. The molecule has 0 bridgehead atoms. The minimum absolute atomic E-state index is 0.0452. The molecule has 3 aromatic rings. The van der Waals surface area contributed by atoms with Crippen LogP contribution in [0, 0.1) is 22.1 Å². The van der Waals surface area contributed by atoms with E-state index in [1.807, 2.05) is 22.6 Å². The average molecular weight is 618 g/mol. The number of methoxy groups -OCH3 is 1. The summed E-state index contributed by atoms with van der Waals surface area (Å²) in [6.07, 6.45) is 2.37. The second-order valence-electron chi connectivity index (χ2n) is 7.35. The van der Waals surface area contributed by atoms with Gasteiger partial charge in [-0.25, -0.2) is 27.0 Å². The topological polar surface area (TPSA) is 119 Å². The Morgan fingerprint density at radius 1 is 1.26 bits per heavy atom. The van der Waals surface area contributed by atoms with E-state index in [4.69, 9.17) is 4.74 Å². The van der Waals surface area contributed by atoms with Crippen LogP contribution in [0.25, 0.3) is 0 Å². The monoisotopic (exact) mass is 618 g/mol. The molecule has 0 saturated carbocycles. The van der Waals surface area contributed by atoms with E-state index in [2.05, 4.69) is 15.0 Å². The van der Waals surface area contributed by atoms with Crippen molar-refractivity contribution in [3.8, 4) is 0 Å². The normalized spacial score (nSPS) is 11.3. The molecule has 0 atom stereocenters. The zero-order chi connectivity index (χ0) is 25.9. The number of pyridine rings is 2. The number of carbonyl (C=O) groups is 1. The lowest BCUT2D eigenvalue weighted by Gasteiger charge is -2.17. The zero-order valence-corrected chi connectivity index (χ0v) is 21.8. The number of halogens is 3. The maximum atomic E-state index is 15.0. The molecule has 0 spiro atoms. The predicted molar refractivity (Wildman–Crippen MR) is 136 cm³/mol. The third-order valence-electron chi connectivity index (χ3n) is 5.05. The number of nitrogens with one attached hydrogen (secondary N) is 2. The van der Waals surface area contributed by atoms with Crippen molar-refractivity contribution in [3.63, 3.8) is 0 Å². The van der Waals surface area contributed by atoms with Gasteiger partial charge in [-0.15, -0.1) is 0 Å². The fourth-order valence-electron chi connectivity index (χ4n) is 3.15. The Morgan fingerprint density at radius 3 is 2.60 bits per heavy atom. The minimum atomic E-state index is -3.78. The zero-order valence-electron chi connectivity index (χ0n) is 18.9. The summed E-state index contributed by atoms with van der Waals surface area (Å²) in [6, 6.07) is 5.69. The van der Waals surface area contributed by atoms with E-state index in [0.717, 1.165) is 11.7 Å². The molecule has 0 unspecified atom stereocenters. The van der Waals surface area contributed by atoms with Gasteiger partial charge in [-0.2, -0.15) is 0 Å². The third-order valence-corrected chi connectivity index (χ3v) is 6.98. The molecule has 9 nitrogen and oxygen atoms in total. The summed E-state index contributed by atoms with van der Waals surface area (Å²) >= 11 is 1.95. The lowest BCUT2D eigenvalue weighted by molar-refractivity contribution is 0.0600. The number of rotatable bonds is 8. The largest absolute Gasteiger partial charge is 0.465 e. The van der Waals surface area contributed by atoms with E-state index in [0.29, 0.717) is 3.57 Å². The van der Waals surface area contributed by atoms with Gasteiger partial charge in [0.25, 0.3) is 5.56 Å². The first-order chi connectivity index (χ1) is 16.5. The summed E-state index contributed by atoms with van der Waals surface area (Å²) in [6.45, 7) is 2.48. The first-order valence-electron chi connectivity index (χ1n) is 10.2. The Bertz CT molecular complexity index is 1460. The standard InChI is InChI=1S/C22H21F2IN4O5S/c1-4-35(32,33)28-20-18(24)13(7-8-26-20)10-29-11-15(22(31)34-3)19(12(2)21(29)30)27-17-6-5-14(25)9-16(17)23/h5-9,11,27H,4,10H2,1-3H3,(H,26,28).